The van der Waals surface area contributed by atoms with Gasteiger partial charge in [-0.05, 0) is 59.3 Å². The number of carbonyl (C=O) groups is 2. The van der Waals surface area contributed by atoms with Crippen LogP contribution in [-0.4, -0.2) is 50.3 Å². The number of nitrogens with one attached hydrogen (secondary N) is 1. The van der Waals surface area contributed by atoms with E-state index in [0.717, 1.165) is 31.4 Å². The molecule has 0 saturated heterocycles. The van der Waals surface area contributed by atoms with Crippen LogP contribution >= 0.6 is 15.9 Å². The zero-order chi connectivity index (χ0) is 28.8. The molecule has 2 atom stereocenters. The number of sulfone groups is 1. The van der Waals surface area contributed by atoms with Gasteiger partial charge in [0.15, 0.2) is 16.4 Å². The van der Waals surface area contributed by atoms with Gasteiger partial charge in [-0.1, -0.05) is 58.7 Å². The fourth-order valence-corrected chi connectivity index (χ4v) is 7.67. The first-order chi connectivity index (χ1) is 18.4. The van der Waals surface area contributed by atoms with E-state index >= 15 is 0 Å². The molecule has 0 fully saturated rings. The minimum absolute atomic E-state index is 0.0177. The molecule has 1 unspecified atom stereocenters. The summed E-state index contributed by atoms with van der Waals surface area (Å²) in [6.07, 6.45) is 3.71. The van der Waals surface area contributed by atoms with Crippen LogP contribution in [0.4, 0.5) is 11.4 Å². The van der Waals surface area contributed by atoms with Crippen LogP contribution in [0.3, 0.4) is 0 Å². The molecule has 2 aromatic rings. The highest BCUT2D eigenvalue weighted by Gasteiger charge is 2.42. The van der Waals surface area contributed by atoms with Crippen molar-refractivity contribution in [1.29, 1.82) is 0 Å². The third-order valence-corrected chi connectivity index (χ3v) is 9.82. The Hall–Kier alpha value is -2.59. The van der Waals surface area contributed by atoms with Crippen molar-refractivity contribution in [3.63, 3.8) is 0 Å². The van der Waals surface area contributed by atoms with Gasteiger partial charge >= 0.3 is 5.97 Å². The molecule has 0 bridgehead atoms. The molecule has 2 N–H and O–H groups in total. The van der Waals surface area contributed by atoms with E-state index in [2.05, 4.69) is 40.0 Å². The Bertz CT molecular complexity index is 1270. The van der Waals surface area contributed by atoms with E-state index in [1.54, 1.807) is 6.07 Å². The molecule has 0 spiro atoms. The molecule has 1 aliphatic heterocycles. The molecular weight excluding hydrogens is 584 g/mol. The van der Waals surface area contributed by atoms with Gasteiger partial charge in [-0.15, -0.1) is 0 Å². The summed E-state index contributed by atoms with van der Waals surface area (Å²) in [7, 11) is -3.71. The van der Waals surface area contributed by atoms with E-state index in [1.807, 2.05) is 44.2 Å². The number of hydrogen-bond acceptors (Lipinski definition) is 6. The fraction of sp³-hybridized carbons (Fsp3) is 0.517. The second-order valence-electron chi connectivity index (χ2n) is 10.8. The smallest absolute Gasteiger partial charge is 0.326 e. The number of benzene rings is 2. The lowest BCUT2D eigenvalue weighted by Crippen LogP contribution is -2.43. The predicted octanol–water partition coefficient (Wildman–Crippen LogP) is 5.96. The number of nitrogens with zero attached hydrogens (tertiary/aromatic N) is 1. The third-order valence-electron chi connectivity index (χ3n) is 7.21. The number of ether oxygens (including phenoxy) is 1. The molecule has 0 radical (unpaired) electrons. The summed E-state index contributed by atoms with van der Waals surface area (Å²) in [5.74, 6) is -1.41. The number of halogens is 1. The lowest BCUT2D eigenvalue weighted by molar-refractivity contribution is -0.142. The number of fused-ring (bicyclic) bond motifs is 1. The van der Waals surface area contributed by atoms with Gasteiger partial charge in [0, 0.05) is 23.7 Å². The number of amides is 1. The van der Waals surface area contributed by atoms with Crippen molar-refractivity contribution in [2.75, 3.05) is 23.8 Å². The molecule has 214 valence electrons. The summed E-state index contributed by atoms with van der Waals surface area (Å²) in [6.45, 7) is 8.02. The van der Waals surface area contributed by atoms with Crippen molar-refractivity contribution in [2.45, 2.75) is 70.7 Å². The van der Waals surface area contributed by atoms with Gasteiger partial charge in [0.25, 0.3) is 5.91 Å². The number of carboxylic acid groups (broad SMARTS) is 1. The minimum Gasteiger partial charge on any atom is -0.483 e. The standard InChI is InChI=1S/C29H39BrN2O6S/c1-5-7-13-29(6-2)18-32(21-11-9-8-10-12-21)24-15-22(30)25(16-26(24)39(36,37)19-29)38-17-27(33)31-23(28(34)35)14-20(3)4/h8-12,15-16,20,23H,5-7,13-14,17-19H2,1-4H3,(H,31,33)(H,34,35)/t23-,29?/m0/s1. The number of rotatable bonds is 12. The van der Waals surface area contributed by atoms with Gasteiger partial charge in [0.1, 0.15) is 11.8 Å². The summed E-state index contributed by atoms with van der Waals surface area (Å²) in [5.41, 5.74) is 1.02. The Morgan fingerprint density at radius 3 is 2.46 bits per heavy atom. The highest BCUT2D eigenvalue weighted by molar-refractivity contribution is 9.10. The topological polar surface area (TPSA) is 113 Å². The number of anilines is 2. The minimum atomic E-state index is -3.71. The summed E-state index contributed by atoms with van der Waals surface area (Å²) in [4.78, 5) is 26.3. The van der Waals surface area contributed by atoms with Gasteiger partial charge in [-0.25, -0.2) is 13.2 Å². The van der Waals surface area contributed by atoms with Gasteiger partial charge in [0.05, 0.1) is 20.8 Å². The highest BCUT2D eigenvalue weighted by atomic mass is 79.9. The Morgan fingerprint density at radius 1 is 1.18 bits per heavy atom. The summed E-state index contributed by atoms with van der Waals surface area (Å²) < 4.78 is 34.0. The number of aliphatic carboxylic acids is 1. The fourth-order valence-electron chi connectivity index (χ4n) is 5.05. The highest BCUT2D eigenvalue weighted by Crippen LogP contribution is 2.46. The van der Waals surface area contributed by atoms with Crippen LogP contribution in [0.5, 0.6) is 5.75 Å². The molecule has 39 heavy (non-hydrogen) atoms. The quantitative estimate of drug-likeness (QED) is 0.300. The van der Waals surface area contributed by atoms with E-state index in [0.29, 0.717) is 16.7 Å². The van der Waals surface area contributed by atoms with Gasteiger partial charge in [0.2, 0.25) is 0 Å². The second kappa shape index (κ2) is 13.2. The Balaban J connectivity index is 1.98. The third kappa shape index (κ3) is 7.75. The van der Waals surface area contributed by atoms with Crippen LogP contribution in [0.1, 0.15) is 59.8 Å². The van der Waals surface area contributed by atoms with Crippen LogP contribution < -0.4 is 15.0 Å². The molecule has 8 nitrogen and oxygen atoms in total. The molecule has 1 amide bonds. The number of carboxylic acids is 1. The van der Waals surface area contributed by atoms with Crippen LogP contribution in [0.2, 0.25) is 0 Å². The SMILES string of the molecule is CCCCC1(CC)CN(c2ccccc2)c2cc(Br)c(OCC(=O)N[C@@H](CC(C)C)C(=O)O)cc2S(=O)(=O)C1. The second-order valence-corrected chi connectivity index (χ2v) is 13.6. The predicted molar refractivity (Wildman–Crippen MR) is 156 cm³/mol. The van der Waals surface area contributed by atoms with Crippen molar-refractivity contribution < 1.29 is 27.9 Å². The van der Waals surface area contributed by atoms with E-state index in [1.165, 1.54) is 6.07 Å². The normalized spacial score (nSPS) is 19.2. The zero-order valence-corrected chi connectivity index (χ0v) is 25.5. The first-order valence-electron chi connectivity index (χ1n) is 13.4. The van der Waals surface area contributed by atoms with E-state index in [-0.39, 0.29) is 28.7 Å². The van der Waals surface area contributed by atoms with Crippen LogP contribution in [0.25, 0.3) is 0 Å². The molecule has 0 saturated carbocycles. The van der Waals surface area contributed by atoms with Crippen LogP contribution in [0.15, 0.2) is 51.8 Å². The van der Waals surface area contributed by atoms with Gasteiger partial charge in [-0.2, -0.15) is 0 Å². The Kier molecular flexibility index (Phi) is 10.5. The average molecular weight is 624 g/mol. The monoisotopic (exact) mass is 622 g/mol. The first kappa shape index (κ1) is 30.9. The average Bonchev–Trinajstić information content (AvgIpc) is 2.98. The van der Waals surface area contributed by atoms with E-state index in [4.69, 9.17) is 4.74 Å². The number of hydrogen-bond donors (Lipinski definition) is 2. The maximum Gasteiger partial charge on any atom is 0.326 e. The van der Waals surface area contributed by atoms with Crippen molar-refractivity contribution in [1.82, 2.24) is 5.32 Å². The summed E-state index contributed by atoms with van der Waals surface area (Å²) >= 11 is 3.51. The van der Waals surface area contributed by atoms with E-state index < -0.39 is 39.8 Å². The lowest BCUT2D eigenvalue weighted by atomic mass is 9.81. The maximum atomic E-state index is 13.9. The number of carbonyl (C=O) groups excluding carboxylic acids is 1. The van der Waals surface area contributed by atoms with Crippen molar-refractivity contribution in [2.24, 2.45) is 11.3 Å². The Morgan fingerprint density at radius 2 is 1.87 bits per heavy atom. The Labute approximate surface area is 240 Å². The molecule has 0 aromatic heterocycles. The molecule has 1 heterocycles. The maximum absolute atomic E-state index is 13.9. The number of unbranched alkanes of at least 4 members (excludes halogenated alkanes) is 1. The molecule has 3 rings (SSSR count). The van der Waals surface area contributed by atoms with Crippen LogP contribution in [-0.2, 0) is 19.4 Å². The van der Waals surface area contributed by atoms with Crippen molar-refractivity contribution >= 4 is 49.0 Å². The van der Waals surface area contributed by atoms with Crippen LogP contribution in [0, 0.1) is 11.3 Å². The summed E-state index contributed by atoms with van der Waals surface area (Å²) in [6, 6.07) is 11.9. The molecule has 10 heteroatoms. The van der Waals surface area contributed by atoms with Gasteiger partial charge < -0.3 is 20.1 Å². The van der Waals surface area contributed by atoms with Crippen molar-refractivity contribution in [3.8, 4) is 5.75 Å². The molecular formula is C29H39BrN2O6S. The number of para-hydroxylation sites is 1. The molecule has 1 aliphatic rings. The largest absolute Gasteiger partial charge is 0.483 e. The van der Waals surface area contributed by atoms with Gasteiger partial charge in [-0.3, -0.25) is 4.79 Å². The lowest BCUT2D eigenvalue weighted by Gasteiger charge is -2.36. The van der Waals surface area contributed by atoms with Crippen molar-refractivity contribution in [3.05, 3.63) is 46.9 Å². The summed E-state index contributed by atoms with van der Waals surface area (Å²) in [5, 5.41) is 11.9. The first-order valence-corrected chi connectivity index (χ1v) is 15.9. The molecule has 2 aromatic carbocycles. The molecule has 0 aliphatic carbocycles. The zero-order valence-electron chi connectivity index (χ0n) is 23.1. The van der Waals surface area contributed by atoms with E-state index in [9.17, 15) is 23.1 Å².